The van der Waals surface area contributed by atoms with Crippen LogP contribution in [0.4, 0.5) is 10.6 Å². The maximum atomic E-state index is 11.6. The number of rotatable bonds is 3. The van der Waals surface area contributed by atoms with Crippen molar-refractivity contribution in [2.45, 2.75) is 33.3 Å². The molecule has 0 atom stereocenters. The number of H-pyrrole nitrogens is 1. The van der Waals surface area contributed by atoms with Crippen LogP contribution in [0, 0.1) is 0 Å². The Bertz CT molecular complexity index is 525. The predicted octanol–water partition coefficient (Wildman–Crippen LogP) is 2.26. The number of aromatic amines is 1. The number of hydrogen-bond donors (Lipinski definition) is 3. The third kappa shape index (κ3) is 4.13. The number of hydrogen-bond acceptors (Lipinski definition) is 4. The van der Waals surface area contributed by atoms with E-state index in [4.69, 9.17) is 9.84 Å². The lowest BCUT2D eigenvalue weighted by Gasteiger charge is -2.19. The van der Waals surface area contributed by atoms with Gasteiger partial charge in [-0.3, -0.25) is 10.1 Å². The maximum absolute atomic E-state index is 11.6. The van der Waals surface area contributed by atoms with Crippen LogP contribution < -0.4 is 5.32 Å². The number of ether oxygens (including phenoxy) is 1. The average Bonchev–Trinajstić information content (AvgIpc) is 2.58. The molecule has 1 rings (SSSR count). The summed E-state index contributed by atoms with van der Waals surface area (Å²) in [5.74, 6) is -1.58. The molecule has 104 valence electrons. The van der Waals surface area contributed by atoms with E-state index < -0.39 is 17.7 Å². The minimum absolute atomic E-state index is 0.0131. The molecule has 7 heteroatoms. The van der Waals surface area contributed by atoms with E-state index in [0.29, 0.717) is 0 Å². The van der Waals surface area contributed by atoms with Crippen LogP contribution >= 0.6 is 0 Å². The molecule has 0 fully saturated rings. The zero-order chi connectivity index (χ0) is 14.8. The molecule has 7 nitrogen and oxygen atoms in total. The summed E-state index contributed by atoms with van der Waals surface area (Å²) >= 11 is 0. The predicted molar refractivity (Wildman–Crippen MR) is 67.6 cm³/mol. The second-order valence-corrected chi connectivity index (χ2v) is 4.96. The molecular weight excluding hydrogens is 252 g/mol. The highest BCUT2D eigenvalue weighted by Gasteiger charge is 2.21. The van der Waals surface area contributed by atoms with E-state index in [9.17, 15) is 14.4 Å². The van der Waals surface area contributed by atoms with E-state index in [0.717, 1.165) is 6.07 Å². The van der Waals surface area contributed by atoms with Gasteiger partial charge in [0.25, 0.3) is 0 Å². The first-order valence-corrected chi connectivity index (χ1v) is 5.57. The number of carboxylic acids is 1. The van der Waals surface area contributed by atoms with Crippen molar-refractivity contribution in [3.8, 4) is 0 Å². The minimum atomic E-state index is -1.22. The standard InChI is InChI=1S/C12H16N2O5/c1-6(15)7-5-8(10(16)17)13-9(7)14-11(18)19-12(2,3)4/h5,13H,1-4H3,(H,14,18)(H,16,17). The quantitative estimate of drug-likeness (QED) is 0.728. The van der Waals surface area contributed by atoms with Gasteiger partial charge in [-0.25, -0.2) is 9.59 Å². The number of aromatic nitrogens is 1. The van der Waals surface area contributed by atoms with Crippen LogP contribution in [0.3, 0.4) is 0 Å². The smallest absolute Gasteiger partial charge is 0.413 e. The fourth-order valence-electron chi connectivity index (χ4n) is 1.35. The Morgan fingerprint density at radius 1 is 1.32 bits per heavy atom. The van der Waals surface area contributed by atoms with Crippen molar-refractivity contribution in [1.29, 1.82) is 0 Å². The first kappa shape index (κ1) is 14.7. The van der Waals surface area contributed by atoms with E-state index in [1.54, 1.807) is 20.8 Å². The molecule has 0 saturated heterocycles. The maximum Gasteiger partial charge on any atom is 0.413 e. The summed E-state index contributed by atoms with van der Waals surface area (Å²) in [4.78, 5) is 36.2. The fourth-order valence-corrected chi connectivity index (χ4v) is 1.35. The van der Waals surface area contributed by atoms with Crippen LogP contribution in [0.2, 0.25) is 0 Å². The summed E-state index contributed by atoms with van der Waals surface area (Å²) in [6, 6.07) is 1.16. The number of aromatic carboxylic acids is 1. The lowest BCUT2D eigenvalue weighted by molar-refractivity contribution is 0.0631. The third-order valence-corrected chi connectivity index (χ3v) is 2.05. The fraction of sp³-hybridized carbons (Fsp3) is 0.417. The van der Waals surface area contributed by atoms with Crippen molar-refractivity contribution >= 4 is 23.7 Å². The number of ketones is 1. The molecule has 19 heavy (non-hydrogen) atoms. The largest absolute Gasteiger partial charge is 0.477 e. The van der Waals surface area contributed by atoms with Gasteiger partial charge in [0.05, 0.1) is 5.56 Å². The Hall–Kier alpha value is -2.31. The zero-order valence-corrected chi connectivity index (χ0v) is 11.2. The first-order chi connectivity index (χ1) is 8.60. The molecule has 0 aliphatic rings. The number of anilines is 1. The molecular formula is C12H16N2O5. The molecule has 0 spiro atoms. The monoisotopic (exact) mass is 268 g/mol. The number of nitrogens with one attached hydrogen (secondary N) is 2. The normalized spacial score (nSPS) is 10.9. The van der Waals surface area contributed by atoms with E-state index in [1.807, 2.05) is 0 Å². The van der Waals surface area contributed by atoms with Crippen molar-refractivity contribution in [3.63, 3.8) is 0 Å². The van der Waals surface area contributed by atoms with Gasteiger partial charge in [0.1, 0.15) is 17.1 Å². The van der Waals surface area contributed by atoms with Crippen molar-refractivity contribution in [3.05, 3.63) is 17.3 Å². The number of Topliss-reactive ketones (excluding diaryl/α,β-unsaturated/α-hetero) is 1. The van der Waals surface area contributed by atoms with Crippen LogP contribution in [0.1, 0.15) is 48.5 Å². The molecule has 1 amide bonds. The Balaban J connectivity index is 2.97. The molecule has 1 heterocycles. The summed E-state index contributed by atoms with van der Waals surface area (Å²) in [5, 5.41) is 11.2. The van der Waals surface area contributed by atoms with E-state index in [2.05, 4.69) is 10.3 Å². The average molecular weight is 268 g/mol. The molecule has 0 saturated carbocycles. The summed E-state index contributed by atoms with van der Waals surface area (Å²) in [7, 11) is 0. The molecule has 3 N–H and O–H groups in total. The number of carboxylic acid groups (broad SMARTS) is 1. The summed E-state index contributed by atoms with van der Waals surface area (Å²) in [5.41, 5.74) is -0.789. The lowest BCUT2D eigenvalue weighted by Crippen LogP contribution is -2.27. The van der Waals surface area contributed by atoms with Gasteiger partial charge in [-0.05, 0) is 33.8 Å². The van der Waals surface area contributed by atoms with E-state index >= 15 is 0 Å². The highest BCUT2D eigenvalue weighted by Crippen LogP contribution is 2.18. The van der Waals surface area contributed by atoms with Crippen LogP contribution in [0.5, 0.6) is 0 Å². The van der Waals surface area contributed by atoms with Gasteiger partial charge >= 0.3 is 12.1 Å². The van der Waals surface area contributed by atoms with Gasteiger partial charge in [0.2, 0.25) is 0 Å². The van der Waals surface area contributed by atoms with Crippen molar-refractivity contribution in [1.82, 2.24) is 4.98 Å². The van der Waals surface area contributed by atoms with Crippen LogP contribution in [-0.2, 0) is 4.74 Å². The van der Waals surface area contributed by atoms with Crippen LogP contribution in [0.25, 0.3) is 0 Å². The molecule has 0 unspecified atom stereocenters. The Morgan fingerprint density at radius 3 is 2.32 bits per heavy atom. The van der Waals surface area contributed by atoms with Crippen molar-refractivity contribution in [2.75, 3.05) is 5.32 Å². The first-order valence-electron chi connectivity index (χ1n) is 5.57. The Kier molecular flexibility index (Phi) is 3.98. The highest BCUT2D eigenvalue weighted by molar-refractivity contribution is 6.04. The van der Waals surface area contributed by atoms with Gasteiger partial charge in [-0.1, -0.05) is 0 Å². The lowest BCUT2D eigenvalue weighted by atomic mass is 10.2. The Morgan fingerprint density at radius 2 is 1.89 bits per heavy atom. The molecule has 0 bridgehead atoms. The van der Waals surface area contributed by atoms with Crippen LogP contribution in [-0.4, -0.2) is 33.5 Å². The van der Waals surface area contributed by atoms with E-state index in [1.165, 1.54) is 6.92 Å². The summed E-state index contributed by atoms with van der Waals surface area (Å²) in [6.07, 6.45) is -0.770. The van der Waals surface area contributed by atoms with E-state index in [-0.39, 0.29) is 22.9 Å². The number of carbonyl (C=O) groups is 3. The minimum Gasteiger partial charge on any atom is -0.477 e. The Labute approximate surface area is 110 Å². The molecule has 0 aliphatic carbocycles. The van der Waals surface area contributed by atoms with Gasteiger partial charge in [-0.2, -0.15) is 0 Å². The van der Waals surface area contributed by atoms with Gasteiger partial charge < -0.3 is 14.8 Å². The molecule has 0 aromatic carbocycles. The van der Waals surface area contributed by atoms with Gasteiger partial charge in [0.15, 0.2) is 5.78 Å². The zero-order valence-electron chi connectivity index (χ0n) is 11.2. The number of amides is 1. The highest BCUT2D eigenvalue weighted by atomic mass is 16.6. The number of carbonyl (C=O) groups excluding carboxylic acids is 2. The second kappa shape index (κ2) is 5.13. The molecule has 0 radical (unpaired) electrons. The summed E-state index contributed by atoms with van der Waals surface area (Å²) < 4.78 is 5.02. The second-order valence-electron chi connectivity index (χ2n) is 4.96. The molecule has 1 aromatic heterocycles. The summed E-state index contributed by atoms with van der Waals surface area (Å²) in [6.45, 7) is 6.34. The van der Waals surface area contributed by atoms with Crippen molar-refractivity contribution < 1.29 is 24.2 Å². The topological polar surface area (TPSA) is 108 Å². The molecule has 0 aliphatic heterocycles. The van der Waals surface area contributed by atoms with Gasteiger partial charge in [-0.15, -0.1) is 0 Å². The van der Waals surface area contributed by atoms with Crippen molar-refractivity contribution in [2.24, 2.45) is 0 Å². The van der Waals surface area contributed by atoms with Crippen LogP contribution in [0.15, 0.2) is 6.07 Å². The van der Waals surface area contributed by atoms with Gasteiger partial charge in [0, 0.05) is 0 Å². The SMILES string of the molecule is CC(=O)c1cc(C(=O)O)[nH]c1NC(=O)OC(C)(C)C. The third-order valence-electron chi connectivity index (χ3n) is 2.05. The molecule has 1 aromatic rings.